The number of nitrogens with two attached hydrogens (primary N) is 1. The maximum Gasteiger partial charge on any atom is 0.260 e. The number of carbonyl (C=O) groups is 1. The molecule has 0 saturated carbocycles. The van der Waals surface area contributed by atoms with Crippen LogP contribution in [0.15, 0.2) is 40.9 Å². The van der Waals surface area contributed by atoms with Crippen molar-refractivity contribution >= 4 is 44.8 Å². The Balaban J connectivity index is 2.03. The van der Waals surface area contributed by atoms with Crippen molar-refractivity contribution in [1.29, 1.82) is 0 Å². The minimum absolute atomic E-state index is 0.0801. The van der Waals surface area contributed by atoms with Crippen molar-refractivity contribution < 1.29 is 4.79 Å². The second-order valence-electron chi connectivity index (χ2n) is 5.24. The lowest BCUT2D eigenvalue weighted by Gasteiger charge is -2.23. The second kappa shape index (κ2) is 5.35. The molecule has 2 N–H and O–H groups in total. The molecule has 1 atom stereocenters. The van der Waals surface area contributed by atoms with Crippen LogP contribution in [0.1, 0.15) is 22.8 Å². The van der Waals surface area contributed by atoms with Gasteiger partial charge in [0.05, 0.1) is 10.6 Å². The van der Waals surface area contributed by atoms with Gasteiger partial charge in [0.25, 0.3) is 5.91 Å². The van der Waals surface area contributed by atoms with Gasteiger partial charge in [-0.1, -0.05) is 27.5 Å². The zero-order valence-corrected chi connectivity index (χ0v) is 13.8. The van der Waals surface area contributed by atoms with Gasteiger partial charge in [-0.3, -0.25) is 4.79 Å². The first-order valence-electron chi connectivity index (χ1n) is 6.64. The number of benzene rings is 2. The molecule has 0 aromatic heterocycles. The lowest BCUT2D eigenvalue weighted by Crippen LogP contribution is -2.35. The summed E-state index contributed by atoms with van der Waals surface area (Å²) in [5, 5.41) is 0.450. The second-order valence-corrected chi connectivity index (χ2v) is 6.56. The molecular formula is C16H14BrClN2O. The Morgan fingerprint density at radius 1 is 1.33 bits per heavy atom. The van der Waals surface area contributed by atoms with Crippen molar-refractivity contribution in [2.24, 2.45) is 0 Å². The molecule has 1 aliphatic heterocycles. The highest BCUT2D eigenvalue weighted by molar-refractivity contribution is 9.10. The van der Waals surface area contributed by atoms with Gasteiger partial charge in [-0.05, 0) is 55.3 Å². The van der Waals surface area contributed by atoms with E-state index >= 15 is 0 Å². The standard InChI is InChI=1S/C16H14BrClN2O/c1-9-6-10-7-12(19)3-5-15(10)20(9)16(21)13-4-2-11(17)8-14(13)18/h2-5,7-9H,6,19H2,1H3. The van der Waals surface area contributed by atoms with E-state index in [4.69, 9.17) is 17.3 Å². The van der Waals surface area contributed by atoms with E-state index in [1.54, 1.807) is 17.0 Å². The van der Waals surface area contributed by atoms with E-state index in [0.29, 0.717) is 10.6 Å². The maximum absolute atomic E-state index is 12.8. The molecule has 1 unspecified atom stereocenters. The quantitative estimate of drug-likeness (QED) is 0.767. The predicted octanol–water partition coefficient (Wildman–Crippen LogP) is 4.28. The van der Waals surface area contributed by atoms with E-state index in [0.717, 1.165) is 27.8 Å². The number of carbonyl (C=O) groups excluding carboxylic acids is 1. The van der Waals surface area contributed by atoms with Crippen LogP contribution >= 0.6 is 27.5 Å². The van der Waals surface area contributed by atoms with Gasteiger partial charge in [0.1, 0.15) is 0 Å². The number of nitrogens with zero attached hydrogens (tertiary/aromatic N) is 1. The summed E-state index contributed by atoms with van der Waals surface area (Å²) >= 11 is 9.56. The summed E-state index contributed by atoms with van der Waals surface area (Å²) < 4.78 is 0.853. The minimum Gasteiger partial charge on any atom is -0.399 e. The summed E-state index contributed by atoms with van der Waals surface area (Å²) in [6.07, 6.45) is 0.806. The lowest BCUT2D eigenvalue weighted by atomic mass is 10.1. The lowest BCUT2D eigenvalue weighted by molar-refractivity contribution is 0.0981. The van der Waals surface area contributed by atoms with Crippen LogP contribution in [0.5, 0.6) is 0 Å². The van der Waals surface area contributed by atoms with Crippen LogP contribution in [0.25, 0.3) is 0 Å². The Hall–Kier alpha value is -1.52. The monoisotopic (exact) mass is 364 g/mol. The van der Waals surface area contributed by atoms with Crippen LogP contribution in [-0.4, -0.2) is 11.9 Å². The minimum atomic E-state index is -0.0801. The molecule has 3 rings (SSSR count). The van der Waals surface area contributed by atoms with Crippen molar-refractivity contribution in [3.63, 3.8) is 0 Å². The molecule has 1 heterocycles. The number of rotatable bonds is 1. The van der Waals surface area contributed by atoms with E-state index < -0.39 is 0 Å². The molecule has 1 aliphatic rings. The third-order valence-corrected chi connectivity index (χ3v) is 4.51. The van der Waals surface area contributed by atoms with E-state index in [1.807, 2.05) is 31.2 Å². The van der Waals surface area contributed by atoms with E-state index in [2.05, 4.69) is 15.9 Å². The SMILES string of the molecule is CC1Cc2cc(N)ccc2N1C(=O)c1ccc(Br)cc1Cl. The molecular weight excluding hydrogens is 352 g/mol. The molecule has 2 aromatic carbocycles. The van der Waals surface area contributed by atoms with Crippen LogP contribution in [-0.2, 0) is 6.42 Å². The smallest absolute Gasteiger partial charge is 0.260 e. The number of hydrogen-bond acceptors (Lipinski definition) is 2. The summed E-state index contributed by atoms with van der Waals surface area (Å²) in [6.45, 7) is 2.03. The molecule has 21 heavy (non-hydrogen) atoms. The molecule has 0 fully saturated rings. The molecule has 108 valence electrons. The molecule has 1 amide bonds. The third kappa shape index (κ3) is 2.54. The van der Waals surface area contributed by atoms with Gasteiger partial charge >= 0.3 is 0 Å². The van der Waals surface area contributed by atoms with Crippen LogP contribution in [0.4, 0.5) is 11.4 Å². The molecule has 5 heteroatoms. The van der Waals surface area contributed by atoms with Crippen LogP contribution < -0.4 is 10.6 Å². The third-order valence-electron chi connectivity index (χ3n) is 3.70. The van der Waals surface area contributed by atoms with Crippen molar-refractivity contribution in [3.8, 4) is 0 Å². The van der Waals surface area contributed by atoms with Crippen molar-refractivity contribution in [3.05, 3.63) is 57.0 Å². The molecule has 0 aliphatic carbocycles. The molecule has 0 radical (unpaired) electrons. The van der Waals surface area contributed by atoms with Gasteiger partial charge in [0.15, 0.2) is 0 Å². The van der Waals surface area contributed by atoms with E-state index in [9.17, 15) is 4.79 Å². The largest absolute Gasteiger partial charge is 0.399 e. The first kappa shape index (κ1) is 14.4. The topological polar surface area (TPSA) is 46.3 Å². The van der Waals surface area contributed by atoms with Gasteiger partial charge in [-0.25, -0.2) is 0 Å². The maximum atomic E-state index is 12.8. The highest BCUT2D eigenvalue weighted by Crippen LogP contribution is 2.35. The van der Waals surface area contributed by atoms with Gasteiger partial charge < -0.3 is 10.6 Å². The molecule has 0 spiro atoms. The average Bonchev–Trinajstić information content (AvgIpc) is 2.73. The number of halogens is 2. The first-order chi connectivity index (χ1) is 9.97. The molecule has 2 aromatic rings. The number of hydrogen-bond donors (Lipinski definition) is 1. The van der Waals surface area contributed by atoms with Gasteiger partial charge in [-0.2, -0.15) is 0 Å². The van der Waals surface area contributed by atoms with Gasteiger partial charge in [0, 0.05) is 21.9 Å². The zero-order valence-electron chi connectivity index (χ0n) is 11.4. The molecule has 0 saturated heterocycles. The Labute approximate surface area is 136 Å². The summed E-state index contributed by atoms with van der Waals surface area (Å²) in [7, 11) is 0. The highest BCUT2D eigenvalue weighted by Gasteiger charge is 2.32. The Bertz CT molecular complexity index is 732. The Kier molecular flexibility index (Phi) is 3.68. The Morgan fingerprint density at radius 2 is 2.10 bits per heavy atom. The molecule has 3 nitrogen and oxygen atoms in total. The number of fused-ring (bicyclic) bond motifs is 1. The highest BCUT2D eigenvalue weighted by atomic mass is 79.9. The number of nitrogen functional groups attached to an aromatic ring is 1. The first-order valence-corrected chi connectivity index (χ1v) is 7.81. The predicted molar refractivity (Wildman–Crippen MR) is 90.0 cm³/mol. The van der Waals surface area contributed by atoms with E-state index in [-0.39, 0.29) is 11.9 Å². The fourth-order valence-corrected chi connectivity index (χ4v) is 3.51. The summed E-state index contributed by atoms with van der Waals surface area (Å²) in [5.41, 5.74) is 9.07. The molecule has 0 bridgehead atoms. The van der Waals surface area contributed by atoms with Gasteiger partial charge in [0.2, 0.25) is 0 Å². The van der Waals surface area contributed by atoms with Gasteiger partial charge in [-0.15, -0.1) is 0 Å². The summed E-state index contributed by atoms with van der Waals surface area (Å²) in [5.74, 6) is -0.0801. The number of amides is 1. The fraction of sp³-hybridized carbons (Fsp3) is 0.188. The fourth-order valence-electron chi connectivity index (χ4n) is 2.75. The summed E-state index contributed by atoms with van der Waals surface area (Å²) in [6, 6.07) is 11.1. The normalized spacial score (nSPS) is 16.9. The van der Waals surface area contributed by atoms with Crippen molar-refractivity contribution in [2.45, 2.75) is 19.4 Å². The van der Waals surface area contributed by atoms with Crippen LogP contribution in [0, 0.1) is 0 Å². The van der Waals surface area contributed by atoms with Crippen LogP contribution in [0.2, 0.25) is 5.02 Å². The van der Waals surface area contributed by atoms with E-state index in [1.165, 1.54) is 0 Å². The summed E-state index contributed by atoms with van der Waals surface area (Å²) in [4.78, 5) is 14.6. The van der Waals surface area contributed by atoms with Crippen molar-refractivity contribution in [1.82, 2.24) is 0 Å². The van der Waals surface area contributed by atoms with Crippen LogP contribution in [0.3, 0.4) is 0 Å². The average molecular weight is 366 g/mol. The Morgan fingerprint density at radius 3 is 2.81 bits per heavy atom. The zero-order chi connectivity index (χ0) is 15.1. The number of anilines is 2. The van der Waals surface area contributed by atoms with Crippen molar-refractivity contribution in [2.75, 3.05) is 10.6 Å².